The molecule has 0 bridgehead atoms. The third kappa shape index (κ3) is 28.3. The minimum atomic E-state index is -5.15. The van der Waals surface area contributed by atoms with E-state index >= 15 is 4.39 Å². The predicted octanol–water partition coefficient (Wildman–Crippen LogP) is -0.969. The van der Waals surface area contributed by atoms with Crippen LogP contribution in [0.2, 0.25) is 0 Å². The number of carbonyl (C=O) groups is 6. The zero-order valence-corrected chi connectivity index (χ0v) is 59.4. The van der Waals surface area contributed by atoms with Gasteiger partial charge in [0.05, 0.1) is 118 Å². The maximum Gasteiger partial charge on any atom is 0.472 e. The molecule has 0 saturated carbocycles. The number of halogens is 1. The number of fused-ring (bicyclic) bond motifs is 2. The molecule has 6 amide bonds. The summed E-state index contributed by atoms with van der Waals surface area (Å²) in [5, 5.41) is 15.8. The molecule has 2 unspecified atom stereocenters. The number of phosphoric acid groups is 1. The van der Waals surface area contributed by atoms with Crippen LogP contribution in [0.1, 0.15) is 51.6 Å². The van der Waals surface area contributed by atoms with E-state index in [9.17, 15) is 52.5 Å². The Morgan fingerprint density at radius 2 is 1.22 bits per heavy atom. The Hall–Kier alpha value is -7.16. The number of benzene rings is 1. The Balaban J connectivity index is 0.714. The van der Waals surface area contributed by atoms with Gasteiger partial charge in [0.15, 0.2) is 35.0 Å². The second-order valence-corrected chi connectivity index (χ2v) is 28.3. The molecule has 2 aliphatic heterocycles. The Kier molecular flexibility index (Phi) is 35.0. The van der Waals surface area contributed by atoms with Crippen molar-refractivity contribution in [3.8, 4) is 0 Å². The van der Waals surface area contributed by atoms with Crippen molar-refractivity contribution in [2.75, 3.05) is 156 Å². The summed E-state index contributed by atoms with van der Waals surface area (Å²) in [7, 11) is -5.15. The van der Waals surface area contributed by atoms with Crippen LogP contribution in [-0.4, -0.2) is 266 Å². The summed E-state index contributed by atoms with van der Waals surface area (Å²) in [4.78, 5) is 132. The Labute approximate surface area is 593 Å². The average Bonchev–Trinajstić information content (AvgIpc) is 1.63. The van der Waals surface area contributed by atoms with Crippen molar-refractivity contribution < 1.29 is 113 Å². The fourth-order valence-corrected chi connectivity index (χ4v) is 12.9. The molecule has 5 aromatic rings. The molecule has 2 saturated heterocycles. The number of nitrogen functional groups attached to an aromatic ring is 1. The van der Waals surface area contributed by atoms with E-state index in [-0.39, 0.29) is 151 Å². The van der Waals surface area contributed by atoms with Gasteiger partial charge in [0.1, 0.15) is 68.8 Å². The van der Waals surface area contributed by atoms with Crippen molar-refractivity contribution in [1.82, 2.24) is 65.6 Å². The molecule has 1 aromatic carbocycles. The van der Waals surface area contributed by atoms with Crippen molar-refractivity contribution in [2.45, 2.75) is 88.4 Å². The van der Waals surface area contributed by atoms with E-state index in [1.807, 2.05) is 0 Å². The van der Waals surface area contributed by atoms with E-state index < -0.39 is 113 Å². The minimum absolute atomic E-state index is 0.0222. The molecule has 103 heavy (non-hydrogen) atoms. The van der Waals surface area contributed by atoms with Crippen LogP contribution in [0.4, 0.5) is 15.9 Å². The van der Waals surface area contributed by atoms with Crippen LogP contribution in [0.5, 0.6) is 0 Å². The van der Waals surface area contributed by atoms with E-state index in [4.69, 9.17) is 72.4 Å². The first-order valence-corrected chi connectivity index (χ1v) is 37.3. The van der Waals surface area contributed by atoms with Gasteiger partial charge in [-0.2, -0.15) is 0 Å². The maximum atomic E-state index is 16.6. The highest BCUT2D eigenvalue weighted by molar-refractivity contribution is 8.54. The molecular formula is C59H89FN16O24P2S. The third-order valence-electron chi connectivity index (χ3n) is 14.8. The number of rotatable bonds is 50. The number of amides is 6. The number of ether oxygens (including phenoxy) is 10. The zero-order valence-electron chi connectivity index (χ0n) is 56.8. The van der Waals surface area contributed by atoms with Crippen LogP contribution in [0.15, 0.2) is 54.4 Å². The largest absolute Gasteiger partial charge is 0.472 e. The van der Waals surface area contributed by atoms with Crippen molar-refractivity contribution in [2.24, 2.45) is 11.7 Å². The van der Waals surface area contributed by atoms with Crippen LogP contribution < -0.4 is 48.9 Å². The number of hydrogen-bond donors (Lipinski definition) is 11. The number of phosphoric ester groups is 1. The number of nitrogens with zero attached hydrogens (tertiary/aromatic N) is 7. The van der Waals surface area contributed by atoms with Crippen LogP contribution in [0, 0.1) is 5.92 Å². The fourth-order valence-electron chi connectivity index (χ4n) is 9.66. The molecule has 10 atom stereocenters. The van der Waals surface area contributed by atoms with Gasteiger partial charge in [-0.25, -0.2) is 38.4 Å². The first-order chi connectivity index (χ1) is 49.5. The summed E-state index contributed by atoms with van der Waals surface area (Å²) in [5.74, 6) is -3.37. The smallest absolute Gasteiger partial charge is 0.382 e. The van der Waals surface area contributed by atoms with Gasteiger partial charge in [-0.1, -0.05) is 26.0 Å². The predicted molar refractivity (Wildman–Crippen MR) is 362 cm³/mol. The van der Waals surface area contributed by atoms with Crippen LogP contribution >= 0.6 is 26.0 Å². The summed E-state index contributed by atoms with van der Waals surface area (Å²) in [6, 6.07) is 4.03. The highest BCUT2D eigenvalue weighted by Crippen LogP contribution is 2.58. The molecule has 2 aliphatic rings. The monoisotopic (exact) mass is 1520 g/mol. The van der Waals surface area contributed by atoms with E-state index in [1.165, 1.54) is 31.7 Å². The van der Waals surface area contributed by atoms with Crippen molar-refractivity contribution in [3.63, 3.8) is 0 Å². The summed E-state index contributed by atoms with van der Waals surface area (Å²) in [6.45, 7) is 1.72. The summed E-state index contributed by atoms with van der Waals surface area (Å²) < 4.78 is 117. The summed E-state index contributed by atoms with van der Waals surface area (Å²) in [5.41, 5.74) is 12.1. The number of H-pyrrole nitrogens is 1. The Bertz CT molecular complexity index is 3660. The number of aromatic amines is 1. The molecule has 44 heteroatoms. The molecule has 2 fully saturated rings. The quantitative estimate of drug-likeness (QED) is 0.0165. The molecule has 13 N–H and O–H groups in total. The number of aromatic nitrogens is 8. The van der Waals surface area contributed by atoms with E-state index in [2.05, 4.69) is 61.8 Å². The van der Waals surface area contributed by atoms with Gasteiger partial charge in [-0.15, -0.1) is 0 Å². The lowest BCUT2D eigenvalue weighted by molar-refractivity contribution is -0.133. The molecule has 0 spiro atoms. The van der Waals surface area contributed by atoms with Crippen LogP contribution in [-0.2, 0) is 105 Å². The molecule has 6 heterocycles. The van der Waals surface area contributed by atoms with E-state index in [1.54, 1.807) is 30.5 Å². The van der Waals surface area contributed by atoms with Crippen molar-refractivity contribution >= 4 is 95.3 Å². The van der Waals surface area contributed by atoms with Crippen LogP contribution in [0.25, 0.3) is 22.3 Å². The minimum Gasteiger partial charge on any atom is -0.382 e. The van der Waals surface area contributed by atoms with E-state index in [0.29, 0.717) is 61.8 Å². The lowest BCUT2D eigenvalue weighted by Crippen LogP contribution is -2.54. The van der Waals surface area contributed by atoms with Gasteiger partial charge < -0.3 is 106 Å². The number of anilines is 2. The molecular weight excluding hydrogens is 1430 g/mol. The second kappa shape index (κ2) is 43.3. The lowest BCUT2D eigenvalue weighted by Gasteiger charge is -2.24. The Morgan fingerprint density at radius 3 is 1.82 bits per heavy atom. The SMILES string of the molecule is CC(C)[C@H](NC(=O)COCCOCCNC(=O)COCCOCCNC(=O)COCCOCCNC(=O)COCCOCCN)C(=O)N[C@H](C)C(=O)Nc1ccc(CSP(=O)(O)OC[C@H]2O[C@@H](n3cnc4c(N)ncnc43)[C@H](F)[C@@H]2OP(=O)(O)OC[C@@H]2CC[C@H](n3cnc4c(=O)[nH]cnc43)O2)cc1. The summed E-state index contributed by atoms with van der Waals surface area (Å²) in [6.07, 6.45) is -3.26. The Morgan fingerprint density at radius 1 is 0.670 bits per heavy atom. The molecule has 7 rings (SSSR count). The average molecular weight is 1520 g/mol. The van der Waals surface area contributed by atoms with Gasteiger partial charge >= 0.3 is 14.6 Å². The third-order valence-corrected chi connectivity index (χ3v) is 18.7. The van der Waals surface area contributed by atoms with Gasteiger partial charge in [0.2, 0.25) is 35.4 Å². The zero-order chi connectivity index (χ0) is 74.2. The molecule has 40 nitrogen and oxygen atoms in total. The number of nitrogens with two attached hydrogens (primary N) is 2. The standard InChI is InChI=1S/C59H89FN16O24P2S/c1-37(2)49(74-46(80)31-95-25-21-91-17-13-65-45(79)30-94-24-20-90-16-12-64-44(78)29-93-23-19-89-15-11-63-43(77)28-92-22-18-88-14-10-61)58(83)72-38(3)56(81)73-40-6-4-39(5-7-40)32-103-102(86,87)97-27-42-52(48(60)59(99-42)76-36-70-50-53(62)66-33-67-54(50)76)100-101(84,85)96-26-41-8-9-47(98-41)75-35-71-51-55(75)68-34-69-57(51)82/h4-7,33-38,41-42,47-49,52,59H,8-32,61H2,1-3H3,(H,63,77)(H,64,78)(H,65,79)(H,72,83)(H,73,81)(H,74,80)(H,84,85)(H,86,87)(H2,62,66,67)(H,68,69,82)/t38-,41+,42-,47-,48-,49+,52-,59-/m1/s1. The topological polar surface area (TPSA) is 528 Å². The number of hydrogen-bond acceptors (Lipinski definition) is 30. The molecule has 0 aliphatic carbocycles. The number of imidazole rings is 2. The van der Waals surface area contributed by atoms with Gasteiger partial charge in [-0.05, 0) is 54.8 Å². The van der Waals surface area contributed by atoms with Crippen molar-refractivity contribution in [1.29, 1.82) is 0 Å². The number of carbonyl (C=O) groups excluding carboxylic acids is 6. The second-order valence-electron chi connectivity index (χ2n) is 23.0. The van der Waals surface area contributed by atoms with Crippen LogP contribution in [0.3, 0.4) is 0 Å². The van der Waals surface area contributed by atoms with Crippen molar-refractivity contribution in [3.05, 3.63) is 65.5 Å². The maximum absolute atomic E-state index is 16.6. The van der Waals surface area contributed by atoms with Gasteiger partial charge in [0.25, 0.3) is 5.56 Å². The number of alkyl halides is 1. The molecule has 0 radical (unpaired) electrons. The van der Waals surface area contributed by atoms with Gasteiger partial charge in [0, 0.05) is 37.6 Å². The number of nitrogens with one attached hydrogen (secondary N) is 7. The molecule has 572 valence electrons. The summed E-state index contributed by atoms with van der Waals surface area (Å²) >= 11 is 0.485. The first kappa shape index (κ1) is 83.1. The highest BCUT2D eigenvalue weighted by Gasteiger charge is 2.51. The van der Waals surface area contributed by atoms with Gasteiger partial charge in [-0.3, -0.25) is 56.3 Å². The first-order valence-electron chi connectivity index (χ1n) is 32.7. The fraction of sp³-hybridized carbons (Fsp3) is 0.627. The normalized spacial score (nSPS) is 19.2. The molecule has 4 aromatic heterocycles. The lowest BCUT2D eigenvalue weighted by atomic mass is 10.0. The van der Waals surface area contributed by atoms with E-state index in [0.717, 1.165) is 17.2 Å². The highest BCUT2D eigenvalue weighted by atomic mass is 32.7.